The predicted molar refractivity (Wildman–Crippen MR) is 84.5 cm³/mol. The maximum absolute atomic E-state index is 12.0. The average Bonchev–Trinajstić information content (AvgIpc) is 2.48. The van der Waals surface area contributed by atoms with E-state index in [4.69, 9.17) is 4.74 Å². The molecular formula is C16H25N3O2. The summed E-state index contributed by atoms with van der Waals surface area (Å²) in [7, 11) is 4.06. The first-order valence-electron chi connectivity index (χ1n) is 7.49. The maximum Gasteiger partial charge on any atom is 0.324 e. The van der Waals surface area contributed by atoms with Crippen LogP contribution in [0.4, 0.5) is 5.69 Å². The van der Waals surface area contributed by atoms with Gasteiger partial charge in [0.15, 0.2) is 0 Å². The summed E-state index contributed by atoms with van der Waals surface area (Å²) in [6, 6.07) is 8.28. The van der Waals surface area contributed by atoms with E-state index in [2.05, 4.69) is 39.4 Å². The van der Waals surface area contributed by atoms with Gasteiger partial charge >= 0.3 is 5.97 Å². The minimum absolute atomic E-state index is 0.130. The van der Waals surface area contributed by atoms with Gasteiger partial charge in [0.1, 0.15) is 6.04 Å². The van der Waals surface area contributed by atoms with Crippen LogP contribution in [0.1, 0.15) is 12.5 Å². The maximum atomic E-state index is 12.0. The number of piperazine rings is 1. The summed E-state index contributed by atoms with van der Waals surface area (Å²) in [5.74, 6) is -0.130. The van der Waals surface area contributed by atoms with E-state index in [0.29, 0.717) is 13.2 Å². The zero-order valence-electron chi connectivity index (χ0n) is 13.1. The summed E-state index contributed by atoms with van der Waals surface area (Å²) in [6.45, 7) is 5.48. The Bertz CT molecular complexity index is 459. The largest absolute Gasteiger partial charge is 0.465 e. The molecule has 1 unspecified atom stereocenters. The number of ether oxygens (including phenoxy) is 1. The van der Waals surface area contributed by atoms with Crippen molar-refractivity contribution in [2.45, 2.75) is 19.5 Å². The zero-order chi connectivity index (χ0) is 15.2. The van der Waals surface area contributed by atoms with Crippen molar-refractivity contribution in [2.24, 2.45) is 0 Å². The van der Waals surface area contributed by atoms with Crippen LogP contribution in [0.15, 0.2) is 24.3 Å². The number of hydrogen-bond donors (Lipinski definition) is 1. The molecule has 1 heterocycles. The summed E-state index contributed by atoms with van der Waals surface area (Å²) in [5.41, 5.74) is 2.40. The fourth-order valence-electron chi connectivity index (χ4n) is 2.54. The Kier molecular flexibility index (Phi) is 5.59. The Morgan fingerprint density at radius 3 is 2.71 bits per heavy atom. The molecule has 1 aromatic carbocycles. The van der Waals surface area contributed by atoms with Crippen LogP contribution >= 0.6 is 0 Å². The van der Waals surface area contributed by atoms with E-state index in [0.717, 1.165) is 19.6 Å². The molecule has 5 nitrogen and oxygen atoms in total. The number of benzene rings is 1. The molecule has 1 aliphatic rings. The van der Waals surface area contributed by atoms with Crippen molar-refractivity contribution in [1.29, 1.82) is 0 Å². The van der Waals surface area contributed by atoms with Gasteiger partial charge in [-0.1, -0.05) is 12.1 Å². The number of nitrogens with one attached hydrogen (secondary N) is 1. The van der Waals surface area contributed by atoms with Gasteiger partial charge in [-0.25, -0.2) is 0 Å². The van der Waals surface area contributed by atoms with Crippen LogP contribution in [0, 0.1) is 0 Å². The lowest BCUT2D eigenvalue weighted by atomic mass is 10.1. The van der Waals surface area contributed by atoms with E-state index in [9.17, 15) is 4.79 Å². The molecule has 1 atom stereocenters. The molecule has 0 amide bonds. The van der Waals surface area contributed by atoms with Crippen LogP contribution < -0.4 is 10.2 Å². The molecule has 1 N–H and O–H groups in total. The summed E-state index contributed by atoms with van der Waals surface area (Å²) in [4.78, 5) is 16.3. The summed E-state index contributed by atoms with van der Waals surface area (Å²) in [6.07, 6.45) is 0. The number of carbonyl (C=O) groups excluding carboxylic acids is 1. The van der Waals surface area contributed by atoms with Gasteiger partial charge in [0.25, 0.3) is 0 Å². The molecule has 0 spiro atoms. The summed E-state index contributed by atoms with van der Waals surface area (Å²) in [5, 5.41) is 3.26. The fraction of sp³-hybridized carbons (Fsp3) is 0.562. The molecular weight excluding hydrogens is 266 g/mol. The van der Waals surface area contributed by atoms with E-state index in [1.807, 2.05) is 21.0 Å². The third-order valence-corrected chi connectivity index (χ3v) is 3.75. The van der Waals surface area contributed by atoms with Crippen molar-refractivity contribution in [3.05, 3.63) is 29.8 Å². The van der Waals surface area contributed by atoms with Gasteiger partial charge in [0, 0.05) is 46.0 Å². The van der Waals surface area contributed by atoms with Crippen LogP contribution in [0.3, 0.4) is 0 Å². The van der Waals surface area contributed by atoms with Crippen LogP contribution in [0.5, 0.6) is 0 Å². The second kappa shape index (κ2) is 7.43. The SMILES string of the molecule is CCOC(=O)C1CNCCN1Cc1ccc(N(C)C)cc1. The van der Waals surface area contributed by atoms with Gasteiger partial charge in [-0.05, 0) is 24.6 Å². The summed E-state index contributed by atoms with van der Waals surface area (Å²) >= 11 is 0. The third-order valence-electron chi connectivity index (χ3n) is 3.75. The first kappa shape index (κ1) is 15.8. The lowest BCUT2D eigenvalue weighted by Crippen LogP contribution is -2.54. The number of carbonyl (C=O) groups is 1. The van der Waals surface area contributed by atoms with Crippen molar-refractivity contribution in [3.8, 4) is 0 Å². The van der Waals surface area contributed by atoms with Crippen LogP contribution in [0.25, 0.3) is 0 Å². The van der Waals surface area contributed by atoms with E-state index in [1.165, 1.54) is 11.3 Å². The van der Waals surface area contributed by atoms with Crippen LogP contribution in [-0.4, -0.2) is 57.2 Å². The Morgan fingerprint density at radius 2 is 2.10 bits per heavy atom. The van der Waals surface area contributed by atoms with E-state index >= 15 is 0 Å². The van der Waals surface area contributed by atoms with Gasteiger partial charge in [0.05, 0.1) is 6.61 Å². The molecule has 5 heteroatoms. The molecule has 0 radical (unpaired) electrons. The molecule has 1 aromatic rings. The smallest absolute Gasteiger partial charge is 0.324 e. The molecule has 0 saturated carbocycles. The van der Waals surface area contributed by atoms with E-state index < -0.39 is 0 Å². The number of anilines is 1. The number of rotatable bonds is 5. The topological polar surface area (TPSA) is 44.8 Å². The second-order valence-electron chi connectivity index (χ2n) is 5.50. The lowest BCUT2D eigenvalue weighted by molar-refractivity contribution is -0.150. The highest BCUT2D eigenvalue weighted by Crippen LogP contribution is 2.16. The van der Waals surface area contributed by atoms with Crippen LogP contribution in [-0.2, 0) is 16.1 Å². The van der Waals surface area contributed by atoms with Crippen molar-refractivity contribution in [1.82, 2.24) is 10.2 Å². The Balaban J connectivity index is 2.03. The van der Waals surface area contributed by atoms with Gasteiger partial charge in [0.2, 0.25) is 0 Å². The standard InChI is InChI=1S/C16H25N3O2/c1-4-21-16(20)15-11-17-9-10-19(15)12-13-5-7-14(8-6-13)18(2)3/h5-8,15,17H,4,9-12H2,1-3H3. The molecule has 1 aliphatic heterocycles. The number of hydrogen-bond acceptors (Lipinski definition) is 5. The highest BCUT2D eigenvalue weighted by molar-refractivity contribution is 5.76. The second-order valence-corrected chi connectivity index (χ2v) is 5.50. The lowest BCUT2D eigenvalue weighted by Gasteiger charge is -2.34. The quantitative estimate of drug-likeness (QED) is 0.823. The molecule has 1 fully saturated rings. The minimum Gasteiger partial charge on any atom is -0.465 e. The fourth-order valence-corrected chi connectivity index (χ4v) is 2.54. The van der Waals surface area contributed by atoms with Crippen molar-refractivity contribution < 1.29 is 9.53 Å². The van der Waals surface area contributed by atoms with Crippen molar-refractivity contribution in [2.75, 3.05) is 45.2 Å². The molecule has 2 rings (SSSR count). The third kappa shape index (κ3) is 4.19. The first-order valence-corrected chi connectivity index (χ1v) is 7.49. The molecule has 0 aromatic heterocycles. The highest BCUT2D eigenvalue weighted by Gasteiger charge is 2.29. The summed E-state index contributed by atoms with van der Waals surface area (Å²) < 4.78 is 5.17. The average molecular weight is 291 g/mol. The highest BCUT2D eigenvalue weighted by atomic mass is 16.5. The van der Waals surface area contributed by atoms with Crippen molar-refractivity contribution in [3.63, 3.8) is 0 Å². The Morgan fingerprint density at radius 1 is 1.38 bits per heavy atom. The zero-order valence-corrected chi connectivity index (χ0v) is 13.1. The number of esters is 1. The van der Waals surface area contributed by atoms with Gasteiger partial charge < -0.3 is 15.0 Å². The molecule has 0 aliphatic carbocycles. The predicted octanol–water partition coefficient (Wildman–Crippen LogP) is 1.09. The van der Waals surface area contributed by atoms with Crippen LogP contribution in [0.2, 0.25) is 0 Å². The van der Waals surface area contributed by atoms with E-state index in [-0.39, 0.29) is 12.0 Å². The Labute approximate surface area is 126 Å². The molecule has 21 heavy (non-hydrogen) atoms. The molecule has 0 bridgehead atoms. The number of nitrogens with zero attached hydrogens (tertiary/aromatic N) is 2. The normalized spacial score (nSPS) is 19.3. The van der Waals surface area contributed by atoms with Gasteiger partial charge in [-0.2, -0.15) is 0 Å². The van der Waals surface area contributed by atoms with Gasteiger partial charge in [-0.15, -0.1) is 0 Å². The molecule has 1 saturated heterocycles. The van der Waals surface area contributed by atoms with Gasteiger partial charge in [-0.3, -0.25) is 9.69 Å². The minimum atomic E-state index is -0.188. The Hall–Kier alpha value is -1.59. The first-order chi connectivity index (χ1) is 10.1. The van der Waals surface area contributed by atoms with Crippen molar-refractivity contribution >= 4 is 11.7 Å². The monoisotopic (exact) mass is 291 g/mol. The van der Waals surface area contributed by atoms with E-state index in [1.54, 1.807) is 0 Å². The molecule has 116 valence electrons.